The Morgan fingerprint density at radius 1 is 1.09 bits per heavy atom. The van der Waals surface area contributed by atoms with Crippen molar-refractivity contribution >= 4 is 6.34 Å². The third-order valence-corrected chi connectivity index (χ3v) is 1.76. The Kier molecular flexibility index (Phi) is 7.21. The monoisotopic (exact) mass is 155 g/mol. The first-order valence-electron chi connectivity index (χ1n) is 4.56. The van der Waals surface area contributed by atoms with Crippen LogP contribution in [-0.4, -0.2) is 24.3 Å². The molecule has 0 amide bonds. The summed E-state index contributed by atoms with van der Waals surface area (Å²) in [7, 11) is 0. The highest BCUT2D eigenvalue weighted by molar-refractivity contribution is 5.51. The second-order valence-corrected chi connectivity index (χ2v) is 2.86. The molecule has 0 saturated carbocycles. The SMILES string of the molecule is CCCCN(C=[N])CCCC. The van der Waals surface area contributed by atoms with Crippen molar-refractivity contribution in [1.82, 2.24) is 10.3 Å². The van der Waals surface area contributed by atoms with Crippen LogP contribution in [0.15, 0.2) is 0 Å². The number of hydrogen-bond donors (Lipinski definition) is 0. The zero-order valence-electron chi connectivity index (χ0n) is 7.71. The van der Waals surface area contributed by atoms with Gasteiger partial charge in [0.2, 0.25) is 0 Å². The Hall–Kier alpha value is -0.530. The maximum Gasteiger partial charge on any atom is 0.114 e. The maximum atomic E-state index is 8.78. The predicted octanol–water partition coefficient (Wildman–Crippen LogP) is 1.72. The predicted molar refractivity (Wildman–Crippen MR) is 49.6 cm³/mol. The summed E-state index contributed by atoms with van der Waals surface area (Å²) in [5, 5.41) is 8.78. The molecular formula is C9H19N2. The quantitative estimate of drug-likeness (QED) is 0.406. The maximum absolute atomic E-state index is 8.78. The van der Waals surface area contributed by atoms with E-state index in [1.165, 1.54) is 32.0 Å². The molecule has 65 valence electrons. The largest absolute Gasteiger partial charge is 0.361 e. The molecule has 2 nitrogen and oxygen atoms in total. The lowest BCUT2D eigenvalue weighted by molar-refractivity contribution is 0.409. The van der Waals surface area contributed by atoms with Gasteiger partial charge in [0.1, 0.15) is 6.34 Å². The number of nitrogens with zero attached hydrogens (tertiary/aromatic N) is 2. The van der Waals surface area contributed by atoms with Crippen molar-refractivity contribution in [2.75, 3.05) is 13.1 Å². The minimum Gasteiger partial charge on any atom is -0.361 e. The van der Waals surface area contributed by atoms with Crippen LogP contribution in [0.2, 0.25) is 0 Å². The molecule has 0 unspecified atom stereocenters. The molecule has 2 heteroatoms. The Balaban J connectivity index is 3.33. The first-order chi connectivity index (χ1) is 5.35. The standard InChI is InChI=1S/C9H19N2/c1-3-5-7-11(9-10)8-6-4-2/h9H,3-8H2,1-2H3. The van der Waals surface area contributed by atoms with Gasteiger partial charge < -0.3 is 4.90 Å². The molecule has 0 aromatic rings. The van der Waals surface area contributed by atoms with Gasteiger partial charge in [-0.2, -0.15) is 0 Å². The number of hydrogen-bond acceptors (Lipinski definition) is 0. The zero-order chi connectivity index (χ0) is 8.53. The summed E-state index contributed by atoms with van der Waals surface area (Å²) in [5.41, 5.74) is 0. The first-order valence-corrected chi connectivity index (χ1v) is 4.56. The summed E-state index contributed by atoms with van der Waals surface area (Å²) in [6.07, 6.45) is 5.93. The molecule has 0 aromatic heterocycles. The minimum atomic E-state index is 0.993. The molecule has 0 bridgehead atoms. The van der Waals surface area contributed by atoms with Crippen LogP contribution >= 0.6 is 0 Å². The Bertz CT molecular complexity index is 83.6. The topological polar surface area (TPSA) is 25.5 Å². The van der Waals surface area contributed by atoms with Crippen LogP contribution in [-0.2, 0) is 0 Å². The summed E-state index contributed by atoms with van der Waals surface area (Å²) in [5.74, 6) is 0. The van der Waals surface area contributed by atoms with Gasteiger partial charge in [0, 0.05) is 13.1 Å². The highest BCUT2D eigenvalue weighted by atomic mass is 15.1. The van der Waals surface area contributed by atoms with Gasteiger partial charge in [0.25, 0.3) is 0 Å². The molecule has 0 aromatic carbocycles. The Labute approximate surface area is 70.1 Å². The smallest absolute Gasteiger partial charge is 0.114 e. The fraction of sp³-hybridized carbons (Fsp3) is 0.889. The summed E-state index contributed by atoms with van der Waals surface area (Å²) < 4.78 is 0. The second-order valence-electron chi connectivity index (χ2n) is 2.86. The second kappa shape index (κ2) is 7.58. The van der Waals surface area contributed by atoms with Gasteiger partial charge in [0.15, 0.2) is 0 Å². The lowest BCUT2D eigenvalue weighted by Gasteiger charge is -2.16. The average Bonchev–Trinajstić information content (AvgIpc) is 2.05. The molecule has 0 aliphatic rings. The van der Waals surface area contributed by atoms with Gasteiger partial charge in [-0.25, -0.2) is 0 Å². The van der Waals surface area contributed by atoms with E-state index in [1.54, 1.807) is 0 Å². The molecule has 0 N–H and O–H groups in total. The molecule has 0 atom stereocenters. The normalized spacial score (nSPS) is 9.64. The number of unbranched alkanes of at least 4 members (excludes halogenated alkanes) is 2. The van der Waals surface area contributed by atoms with Crippen LogP contribution in [0.3, 0.4) is 0 Å². The third-order valence-electron chi connectivity index (χ3n) is 1.76. The minimum absolute atomic E-state index is 0.993. The van der Waals surface area contributed by atoms with Crippen molar-refractivity contribution < 1.29 is 0 Å². The van der Waals surface area contributed by atoms with Crippen molar-refractivity contribution in [2.24, 2.45) is 0 Å². The highest BCUT2D eigenvalue weighted by Crippen LogP contribution is 1.95. The van der Waals surface area contributed by atoms with Crippen LogP contribution < -0.4 is 5.41 Å². The van der Waals surface area contributed by atoms with Crippen molar-refractivity contribution in [3.05, 3.63) is 0 Å². The van der Waals surface area contributed by atoms with Crippen LogP contribution in [0.4, 0.5) is 0 Å². The fourth-order valence-corrected chi connectivity index (χ4v) is 0.950. The summed E-state index contributed by atoms with van der Waals surface area (Å²) >= 11 is 0. The molecule has 0 spiro atoms. The van der Waals surface area contributed by atoms with Crippen LogP contribution in [0.25, 0.3) is 0 Å². The highest BCUT2D eigenvalue weighted by Gasteiger charge is 1.96. The molecule has 0 aliphatic heterocycles. The molecule has 0 aliphatic carbocycles. The van der Waals surface area contributed by atoms with E-state index in [9.17, 15) is 0 Å². The van der Waals surface area contributed by atoms with Crippen molar-refractivity contribution in [1.29, 1.82) is 0 Å². The molecular weight excluding hydrogens is 136 g/mol. The zero-order valence-corrected chi connectivity index (χ0v) is 7.71. The Morgan fingerprint density at radius 2 is 1.55 bits per heavy atom. The summed E-state index contributed by atoms with van der Waals surface area (Å²) in [6.45, 7) is 6.31. The van der Waals surface area contributed by atoms with Gasteiger partial charge in [-0.05, 0) is 12.8 Å². The van der Waals surface area contributed by atoms with Crippen molar-refractivity contribution in [2.45, 2.75) is 39.5 Å². The molecule has 0 rings (SSSR count). The van der Waals surface area contributed by atoms with Gasteiger partial charge in [-0.1, -0.05) is 26.7 Å². The van der Waals surface area contributed by atoms with E-state index in [4.69, 9.17) is 5.41 Å². The van der Waals surface area contributed by atoms with E-state index in [2.05, 4.69) is 13.8 Å². The van der Waals surface area contributed by atoms with Crippen LogP contribution in [0, 0.1) is 0 Å². The van der Waals surface area contributed by atoms with Crippen LogP contribution in [0.5, 0.6) is 0 Å². The average molecular weight is 155 g/mol. The van der Waals surface area contributed by atoms with Gasteiger partial charge >= 0.3 is 0 Å². The van der Waals surface area contributed by atoms with E-state index in [1.807, 2.05) is 4.90 Å². The fourth-order valence-electron chi connectivity index (χ4n) is 0.950. The van der Waals surface area contributed by atoms with Gasteiger partial charge in [-0.15, -0.1) is 5.41 Å². The van der Waals surface area contributed by atoms with E-state index < -0.39 is 0 Å². The lowest BCUT2D eigenvalue weighted by atomic mass is 10.3. The van der Waals surface area contributed by atoms with Gasteiger partial charge in [0.05, 0.1) is 0 Å². The van der Waals surface area contributed by atoms with Gasteiger partial charge in [-0.3, -0.25) is 0 Å². The molecule has 0 fully saturated rings. The molecule has 0 heterocycles. The summed E-state index contributed by atoms with van der Waals surface area (Å²) in [4.78, 5) is 1.98. The van der Waals surface area contributed by atoms with Crippen molar-refractivity contribution in [3.8, 4) is 0 Å². The van der Waals surface area contributed by atoms with E-state index in [0.717, 1.165) is 13.1 Å². The molecule has 0 saturated heterocycles. The Morgan fingerprint density at radius 3 is 1.82 bits per heavy atom. The molecule has 11 heavy (non-hydrogen) atoms. The number of rotatable bonds is 7. The first kappa shape index (κ1) is 10.5. The van der Waals surface area contributed by atoms with E-state index in [-0.39, 0.29) is 0 Å². The van der Waals surface area contributed by atoms with Crippen LogP contribution in [0.1, 0.15) is 39.5 Å². The van der Waals surface area contributed by atoms with E-state index in [0.29, 0.717) is 0 Å². The van der Waals surface area contributed by atoms with E-state index >= 15 is 0 Å². The summed E-state index contributed by atoms with van der Waals surface area (Å²) in [6, 6.07) is 0. The molecule has 1 radical (unpaired) electrons. The third kappa shape index (κ3) is 5.89. The lowest BCUT2D eigenvalue weighted by Crippen LogP contribution is -2.24. The van der Waals surface area contributed by atoms with Crippen molar-refractivity contribution in [3.63, 3.8) is 0 Å².